The normalized spacial score (nSPS) is 11.1. The Morgan fingerprint density at radius 1 is 0.938 bits per heavy atom. The third-order valence-electron chi connectivity index (χ3n) is 2.55. The molecule has 0 amide bonds. The number of carboxylic acid groups (broad SMARTS) is 1. The van der Waals surface area contributed by atoms with E-state index >= 15 is 0 Å². The van der Waals surface area contributed by atoms with Gasteiger partial charge in [-0.25, -0.2) is 0 Å². The summed E-state index contributed by atoms with van der Waals surface area (Å²) in [7, 11) is 0. The zero-order chi connectivity index (χ0) is 12.1. The SMILES string of the molecule is [CH2-]CCC/C=C/CCCCCCCC(=O)O. The van der Waals surface area contributed by atoms with Gasteiger partial charge in [-0.2, -0.15) is 6.42 Å². The largest absolute Gasteiger partial charge is 0.481 e. The van der Waals surface area contributed by atoms with E-state index < -0.39 is 5.97 Å². The minimum Gasteiger partial charge on any atom is -0.481 e. The summed E-state index contributed by atoms with van der Waals surface area (Å²) in [6.07, 6.45) is 14.9. The summed E-state index contributed by atoms with van der Waals surface area (Å²) in [6, 6.07) is 0. The van der Waals surface area contributed by atoms with Crippen LogP contribution in [0.1, 0.15) is 64.2 Å². The van der Waals surface area contributed by atoms with Crippen molar-refractivity contribution in [3.8, 4) is 0 Å². The zero-order valence-electron chi connectivity index (χ0n) is 10.3. The van der Waals surface area contributed by atoms with Crippen LogP contribution in [0.5, 0.6) is 0 Å². The van der Waals surface area contributed by atoms with E-state index in [-0.39, 0.29) is 0 Å². The average Bonchev–Trinajstić information content (AvgIpc) is 2.25. The molecule has 0 aromatic carbocycles. The predicted molar refractivity (Wildman–Crippen MR) is 68.3 cm³/mol. The lowest BCUT2D eigenvalue weighted by Gasteiger charge is -1.98. The molecule has 0 saturated heterocycles. The molecule has 0 aromatic rings. The van der Waals surface area contributed by atoms with Crippen molar-refractivity contribution in [2.45, 2.75) is 64.2 Å². The first-order valence-electron chi connectivity index (χ1n) is 6.43. The molecule has 1 N–H and O–H groups in total. The summed E-state index contributed by atoms with van der Waals surface area (Å²) < 4.78 is 0. The average molecular weight is 225 g/mol. The minimum absolute atomic E-state index is 0.324. The van der Waals surface area contributed by atoms with Crippen molar-refractivity contribution in [2.24, 2.45) is 0 Å². The molecule has 2 nitrogen and oxygen atoms in total. The Morgan fingerprint density at radius 3 is 2.12 bits per heavy atom. The van der Waals surface area contributed by atoms with Crippen LogP contribution in [0, 0.1) is 6.92 Å². The molecule has 0 radical (unpaired) electrons. The molecular formula is C14H25O2-. The molecular weight excluding hydrogens is 200 g/mol. The quantitative estimate of drug-likeness (QED) is 0.322. The summed E-state index contributed by atoms with van der Waals surface area (Å²) in [5.41, 5.74) is 0. The highest BCUT2D eigenvalue weighted by atomic mass is 16.4. The third-order valence-corrected chi connectivity index (χ3v) is 2.55. The van der Waals surface area contributed by atoms with Crippen molar-refractivity contribution >= 4 is 5.97 Å². The lowest BCUT2D eigenvalue weighted by molar-refractivity contribution is -0.137. The number of hydrogen-bond acceptors (Lipinski definition) is 1. The van der Waals surface area contributed by atoms with Gasteiger partial charge in [0.15, 0.2) is 0 Å². The van der Waals surface area contributed by atoms with Gasteiger partial charge in [0.2, 0.25) is 0 Å². The van der Waals surface area contributed by atoms with E-state index in [1.807, 2.05) is 0 Å². The zero-order valence-corrected chi connectivity index (χ0v) is 10.3. The predicted octanol–water partition coefficient (Wildman–Crippen LogP) is 4.36. The maximum atomic E-state index is 10.2. The number of carboxylic acids is 1. The van der Waals surface area contributed by atoms with Gasteiger partial charge in [0.1, 0.15) is 0 Å². The highest BCUT2D eigenvalue weighted by Gasteiger charge is 1.95. The van der Waals surface area contributed by atoms with Crippen LogP contribution in [-0.2, 0) is 4.79 Å². The van der Waals surface area contributed by atoms with Crippen LogP contribution in [0.15, 0.2) is 12.2 Å². The second-order valence-electron chi connectivity index (χ2n) is 4.17. The smallest absolute Gasteiger partial charge is 0.303 e. The van der Waals surface area contributed by atoms with Crippen LogP contribution in [0.25, 0.3) is 0 Å². The van der Waals surface area contributed by atoms with E-state index in [0.717, 1.165) is 32.1 Å². The minimum atomic E-state index is -0.673. The molecule has 0 fully saturated rings. The van der Waals surface area contributed by atoms with Gasteiger partial charge in [-0.15, -0.1) is 0 Å². The molecule has 94 valence electrons. The van der Waals surface area contributed by atoms with E-state index in [2.05, 4.69) is 19.1 Å². The number of hydrogen-bond donors (Lipinski definition) is 1. The van der Waals surface area contributed by atoms with Gasteiger partial charge in [-0.05, 0) is 25.7 Å². The van der Waals surface area contributed by atoms with Crippen LogP contribution in [-0.4, -0.2) is 11.1 Å². The molecule has 0 aliphatic carbocycles. The topological polar surface area (TPSA) is 37.3 Å². The Morgan fingerprint density at radius 2 is 1.50 bits per heavy atom. The Labute approximate surface area is 99.7 Å². The summed E-state index contributed by atoms with van der Waals surface area (Å²) in [4.78, 5) is 10.2. The summed E-state index contributed by atoms with van der Waals surface area (Å²) >= 11 is 0. The molecule has 2 heteroatoms. The maximum Gasteiger partial charge on any atom is 0.303 e. The molecule has 0 saturated carbocycles. The third kappa shape index (κ3) is 13.2. The lowest BCUT2D eigenvalue weighted by Crippen LogP contribution is -1.93. The van der Waals surface area contributed by atoms with E-state index in [1.165, 1.54) is 25.7 Å². The monoisotopic (exact) mass is 225 g/mol. The van der Waals surface area contributed by atoms with Gasteiger partial charge in [-0.1, -0.05) is 37.8 Å². The Balaban J connectivity index is 3.03. The first-order chi connectivity index (χ1) is 7.77. The van der Waals surface area contributed by atoms with Crippen LogP contribution >= 0.6 is 0 Å². The van der Waals surface area contributed by atoms with Gasteiger partial charge >= 0.3 is 5.97 Å². The molecule has 0 bridgehead atoms. The number of aliphatic carboxylic acids is 1. The van der Waals surface area contributed by atoms with Crippen molar-refractivity contribution in [3.05, 3.63) is 19.1 Å². The lowest BCUT2D eigenvalue weighted by atomic mass is 10.1. The fourth-order valence-electron chi connectivity index (χ4n) is 1.57. The van der Waals surface area contributed by atoms with Crippen LogP contribution in [0.4, 0.5) is 0 Å². The van der Waals surface area contributed by atoms with Crippen molar-refractivity contribution in [1.29, 1.82) is 0 Å². The Hall–Kier alpha value is -0.790. The molecule has 0 aliphatic heterocycles. The maximum absolute atomic E-state index is 10.2. The van der Waals surface area contributed by atoms with Crippen molar-refractivity contribution < 1.29 is 9.90 Å². The van der Waals surface area contributed by atoms with E-state index in [1.54, 1.807) is 0 Å². The number of unbranched alkanes of at least 4 members (excludes halogenated alkanes) is 7. The first kappa shape index (κ1) is 15.2. The number of carbonyl (C=O) groups is 1. The fourth-order valence-corrected chi connectivity index (χ4v) is 1.57. The van der Waals surface area contributed by atoms with Gasteiger partial charge in [0, 0.05) is 6.42 Å². The van der Waals surface area contributed by atoms with Gasteiger partial charge < -0.3 is 12.0 Å². The highest BCUT2D eigenvalue weighted by Crippen LogP contribution is 2.08. The van der Waals surface area contributed by atoms with Crippen LogP contribution in [0.3, 0.4) is 0 Å². The molecule has 0 aromatic heterocycles. The molecule has 0 rings (SSSR count). The molecule has 0 unspecified atom stereocenters. The van der Waals surface area contributed by atoms with Gasteiger partial charge in [0.05, 0.1) is 0 Å². The number of rotatable bonds is 11. The van der Waals surface area contributed by atoms with Gasteiger partial charge in [0.25, 0.3) is 0 Å². The fraction of sp³-hybridized carbons (Fsp3) is 0.714. The van der Waals surface area contributed by atoms with E-state index in [9.17, 15) is 4.79 Å². The summed E-state index contributed by atoms with van der Waals surface area (Å²) in [5, 5.41) is 8.44. The van der Waals surface area contributed by atoms with Gasteiger partial charge in [-0.3, -0.25) is 4.79 Å². The molecule has 16 heavy (non-hydrogen) atoms. The highest BCUT2D eigenvalue weighted by molar-refractivity contribution is 5.66. The van der Waals surface area contributed by atoms with Crippen molar-refractivity contribution in [3.63, 3.8) is 0 Å². The second-order valence-corrected chi connectivity index (χ2v) is 4.17. The second kappa shape index (κ2) is 12.3. The molecule has 0 aliphatic rings. The Bertz CT molecular complexity index is 185. The first-order valence-corrected chi connectivity index (χ1v) is 6.43. The van der Waals surface area contributed by atoms with E-state index in [0.29, 0.717) is 6.42 Å². The molecule has 0 spiro atoms. The Kier molecular flexibility index (Phi) is 11.7. The molecule has 0 atom stereocenters. The number of allylic oxidation sites excluding steroid dienone is 2. The summed E-state index contributed by atoms with van der Waals surface area (Å²) in [6.45, 7) is 3.80. The van der Waals surface area contributed by atoms with Crippen LogP contribution in [0.2, 0.25) is 0 Å². The van der Waals surface area contributed by atoms with E-state index in [4.69, 9.17) is 5.11 Å². The van der Waals surface area contributed by atoms with Crippen molar-refractivity contribution in [2.75, 3.05) is 0 Å². The molecule has 0 heterocycles. The van der Waals surface area contributed by atoms with Crippen molar-refractivity contribution in [1.82, 2.24) is 0 Å². The van der Waals surface area contributed by atoms with Crippen LogP contribution < -0.4 is 0 Å². The summed E-state index contributed by atoms with van der Waals surface area (Å²) in [5.74, 6) is -0.673. The standard InChI is InChI=1S/C14H25O2/c1-2-3-4-5-6-7-8-9-10-11-12-13-14(15)16/h5-6H,1-4,7-13H2,(H,15,16)/q-1/b6-5+.